The van der Waals surface area contributed by atoms with Crippen LogP contribution in [-0.2, 0) is 31.3 Å². The Morgan fingerprint density at radius 1 is 1.24 bits per heavy atom. The number of rotatable bonds is 4. The summed E-state index contributed by atoms with van der Waals surface area (Å²) in [5, 5.41) is 18.8. The van der Waals surface area contributed by atoms with Gasteiger partial charge in [0.25, 0.3) is 0 Å². The number of hydrogen-bond donors (Lipinski definition) is 2. The van der Waals surface area contributed by atoms with E-state index in [9.17, 15) is 18.3 Å². The summed E-state index contributed by atoms with van der Waals surface area (Å²) in [6, 6.07) is 5.29. The Hall–Kier alpha value is -2.74. The van der Waals surface area contributed by atoms with Crippen molar-refractivity contribution in [1.29, 1.82) is 0 Å². The van der Waals surface area contributed by atoms with Crippen LogP contribution in [0.3, 0.4) is 0 Å². The third kappa shape index (κ3) is 3.53. The highest BCUT2D eigenvalue weighted by molar-refractivity contribution is 5.35. The molecule has 0 fully saturated rings. The van der Waals surface area contributed by atoms with Crippen molar-refractivity contribution in [3.05, 3.63) is 71.1 Å². The second kappa shape index (κ2) is 7.26. The number of aryl methyl sites for hydroxylation is 1. The Morgan fingerprint density at radius 2 is 2.03 bits per heavy atom. The van der Waals surface area contributed by atoms with Crippen molar-refractivity contribution in [3.8, 4) is 5.88 Å². The highest BCUT2D eigenvalue weighted by atomic mass is 19.4. The summed E-state index contributed by atoms with van der Waals surface area (Å²) in [6.07, 6.45) is 6.45. The molecule has 0 radical (unpaired) electrons. The van der Waals surface area contributed by atoms with E-state index in [0.717, 1.165) is 49.1 Å². The van der Waals surface area contributed by atoms with E-state index in [1.807, 2.05) is 23.1 Å². The predicted octanol–water partition coefficient (Wildman–Crippen LogP) is 3.90. The van der Waals surface area contributed by atoms with Gasteiger partial charge in [-0.15, -0.1) is 0 Å². The maximum atomic E-state index is 13.1. The highest BCUT2D eigenvalue weighted by Gasteiger charge is 2.39. The second-order valence-corrected chi connectivity index (χ2v) is 7.51. The number of alkyl halides is 3. The molecule has 154 valence electrons. The molecule has 0 saturated carbocycles. The molecule has 1 aromatic heterocycles. The van der Waals surface area contributed by atoms with E-state index in [2.05, 4.69) is 10.4 Å². The minimum atomic E-state index is -4.39. The maximum absolute atomic E-state index is 13.1. The zero-order chi connectivity index (χ0) is 20.6. The molecule has 1 atom stereocenters. The van der Waals surface area contributed by atoms with Crippen LogP contribution in [0, 0.1) is 0 Å². The number of aromatic hydroxyl groups is 1. The Kier molecular flexibility index (Phi) is 4.90. The lowest BCUT2D eigenvalue weighted by atomic mass is 9.98. The average Bonchev–Trinajstić information content (AvgIpc) is 3.05. The van der Waals surface area contributed by atoms with Crippen molar-refractivity contribution in [2.24, 2.45) is 0 Å². The topological polar surface area (TPSA) is 53.3 Å². The fourth-order valence-electron chi connectivity index (χ4n) is 4.01. The van der Waals surface area contributed by atoms with Crippen LogP contribution in [0.25, 0.3) is 0 Å². The average molecular weight is 404 g/mol. The van der Waals surface area contributed by atoms with Gasteiger partial charge in [-0.3, -0.25) is 4.90 Å². The van der Waals surface area contributed by atoms with Gasteiger partial charge in [0.1, 0.15) is 0 Å². The van der Waals surface area contributed by atoms with Crippen LogP contribution in [0.2, 0.25) is 0 Å². The smallest absolute Gasteiger partial charge is 0.416 e. The summed E-state index contributed by atoms with van der Waals surface area (Å²) in [6.45, 7) is 0.221. The van der Waals surface area contributed by atoms with E-state index in [-0.39, 0.29) is 12.4 Å². The van der Waals surface area contributed by atoms with E-state index >= 15 is 0 Å². The summed E-state index contributed by atoms with van der Waals surface area (Å²) in [5.41, 5.74) is 1.57. The highest BCUT2D eigenvalue weighted by Crippen LogP contribution is 2.35. The monoisotopic (exact) mass is 404 g/mol. The summed E-state index contributed by atoms with van der Waals surface area (Å²) in [4.78, 5) is 1.83. The Labute approximate surface area is 167 Å². The number of dihydropyridines is 1. The number of aromatic nitrogens is 2. The number of benzene rings is 1. The van der Waals surface area contributed by atoms with Gasteiger partial charge in [0, 0.05) is 12.1 Å². The van der Waals surface area contributed by atoms with Crippen molar-refractivity contribution < 1.29 is 18.3 Å². The molecule has 0 spiro atoms. The van der Waals surface area contributed by atoms with E-state index in [1.54, 1.807) is 19.3 Å². The third-order valence-corrected chi connectivity index (χ3v) is 5.54. The van der Waals surface area contributed by atoms with Gasteiger partial charge in [0.2, 0.25) is 11.7 Å². The molecular formula is C21H23F3N4O. The normalized spacial score (nSPS) is 21.3. The number of halogens is 3. The molecule has 2 heterocycles. The maximum Gasteiger partial charge on any atom is 0.416 e. The lowest BCUT2D eigenvalue weighted by Crippen LogP contribution is -2.56. The third-order valence-electron chi connectivity index (χ3n) is 5.54. The molecule has 5 nitrogen and oxygen atoms in total. The van der Waals surface area contributed by atoms with Crippen LogP contribution in [0.15, 0.2) is 48.7 Å². The van der Waals surface area contributed by atoms with Gasteiger partial charge in [-0.1, -0.05) is 24.3 Å². The van der Waals surface area contributed by atoms with Crippen molar-refractivity contribution in [2.45, 2.75) is 44.2 Å². The van der Waals surface area contributed by atoms with E-state index in [4.69, 9.17) is 0 Å². The van der Waals surface area contributed by atoms with E-state index in [0.29, 0.717) is 5.56 Å². The first kappa shape index (κ1) is 19.6. The van der Waals surface area contributed by atoms with Crippen molar-refractivity contribution in [1.82, 2.24) is 20.0 Å². The minimum absolute atomic E-state index is 0.100. The molecule has 2 aromatic rings. The number of hydrogen-bond acceptors (Lipinski definition) is 4. The molecule has 0 saturated heterocycles. The quantitative estimate of drug-likeness (QED) is 0.812. The molecule has 1 unspecified atom stereocenters. The van der Waals surface area contributed by atoms with Crippen LogP contribution >= 0.6 is 0 Å². The lowest BCUT2D eigenvalue weighted by molar-refractivity contribution is -0.137. The van der Waals surface area contributed by atoms with Gasteiger partial charge in [-0.2, -0.15) is 23.0 Å². The van der Waals surface area contributed by atoms with Gasteiger partial charge in [-0.25, -0.2) is 0 Å². The van der Waals surface area contributed by atoms with Gasteiger partial charge < -0.3 is 10.4 Å². The molecule has 4 rings (SSSR count). The SMILES string of the molecule is CN(Cc1cccc(C(F)(F)F)c1)C1(n2nc3c(c2O)CCCC3)C=CC=CN1. The van der Waals surface area contributed by atoms with Crippen LogP contribution < -0.4 is 5.32 Å². The molecule has 1 aliphatic heterocycles. The van der Waals surface area contributed by atoms with Crippen molar-refractivity contribution >= 4 is 0 Å². The standard InChI is InChI=1S/C21H23F3N4O/c1-27(14-15-7-6-8-16(13-15)21(22,23)24)20(11-4-5-12-25-20)28-19(29)17-9-2-3-10-18(17)26-28/h4-8,11-13,25,29H,2-3,9-10,14H2,1H3. The summed E-state index contributed by atoms with van der Waals surface area (Å²) >= 11 is 0. The Bertz CT molecular complexity index is 963. The van der Waals surface area contributed by atoms with Crippen LogP contribution in [0.5, 0.6) is 5.88 Å². The van der Waals surface area contributed by atoms with E-state index in [1.165, 1.54) is 10.7 Å². The first-order valence-corrected chi connectivity index (χ1v) is 9.61. The summed E-state index contributed by atoms with van der Waals surface area (Å²) < 4.78 is 40.8. The fourth-order valence-corrected chi connectivity index (χ4v) is 4.01. The van der Waals surface area contributed by atoms with Gasteiger partial charge in [0.05, 0.1) is 11.3 Å². The lowest BCUT2D eigenvalue weighted by Gasteiger charge is -2.41. The molecule has 0 bridgehead atoms. The fraction of sp³-hybridized carbons (Fsp3) is 0.381. The zero-order valence-corrected chi connectivity index (χ0v) is 16.1. The number of nitrogens with zero attached hydrogens (tertiary/aromatic N) is 3. The molecule has 1 aromatic carbocycles. The van der Waals surface area contributed by atoms with Crippen molar-refractivity contribution in [3.63, 3.8) is 0 Å². The molecule has 8 heteroatoms. The van der Waals surface area contributed by atoms with E-state index < -0.39 is 17.5 Å². The largest absolute Gasteiger partial charge is 0.493 e. The number of nitrogens with one attached hydrogen (secondary N) is 1. The number of likely N-dealkylation sites (N-methyl/N-ethyl adjacent to an activating group) is 1. The first-order valence-electron chi connectivity index (χ1n) is 9.61. The minimum Gasteiger partial charge on any atom is -0.493 e. The van der Waals surface area contributed by atoms with Gasteiger partial charge in [-0.05, 0) is 62.7 Å². The second-order valence-electron chi connectivity index (χ2n) is 7.51. The number of fused-ring (bicyclic) bond motifs is 1. The molecular weight excluding hydrogens is 381 g/mol. The van der Waals surface area contributed by atoms with Crippen molar-refractivity contribution in [2.75, 3.05) is 7.05 Å². The first-order chi connectivity index (χ1) is 13.8. The molecule has 1 aliphatic carbocycles. The van der Waals surface area contributed by atoms with Crippen LogP contribution in [-0.4, -0.2) is 26.8 Å². The Balaban J connectivity index is 1.70. The zero-order valence-electron chi connectivity index (χ0n) is 16.1. The number of allylic oxidation sites excluding steroid dienone is 2. The molecule has 0 amide bonds. The van der Waals surface area contributed by atoms with Gasteiger partial charge in [0.15, 0.2) is 0 Å². The summed E-state index contributed by atoms with van der Waals surface area (Å²) in [5.74, 6) is -0.923. The van der Waals surface area contributed by atoms with Crippen LogP contribution in [0.1, 0.15) is 35.2 Å². The van der Waals surface area contributed by atoms with Gasteiger partial charge >= 0.3 is 6.18 Å². The molecule has 2 N–H and O–H groups in total. The Morgan fingerprint density at radius 3 is 2.72 bits per heavy atom. The van der Waals surface area contributed by atoms with Crippen LogP contribution in [0.4, 0.5) is 13.2 Å². The predicted molar refractivity (Wildman–Crippen MR) is 103 cm³/mol. The molecule has 29 heavy (non-hydrogen) atoms. The summed E-state index contributed by atoms with van der Waals surface area (Å²) in [7, 11) is 1.79. The molecule has 2 aliphatic rings.